The molecule has 0 aliphatic carbocycles. The highest BCUT2D eigenvalue weighted by Gasteiger charge is 2.84. The van der Waals surface area contributed by atoms with Gasteiger partial charge in [0.1, 0.15) is 11.2 Å². The molecule has 6 atom stereocenters. The van der Waals surface area contributed by atoms with Gasteiger partial charge in [0.25, 0.3) is 0 Å². The van der Waals surface area contributed by atoms with Gasteiger partial charge in [-0.3, -0.25) is 0 Å². The molecule has 3 heteroatoms. The van der Waals surface area contributed by atoms with Gasteiger partial charge >= 0.3 is 0 Å². The SMILES string of the molecule is C[C@@H]1[C@]2(c3ccccc3)O[C@]3(c4ccccc4)O[C@@]1(C)[C@](C)(O2)[C@@H]3C. The van der Waals surface area contributed by atoms with Crippen molar-refractivity contribution in [2.75, 3.05) is 0 Å². The normalized spacial score (nSPS) is 47.4. The van der Waals surface area contributed by atoms with Crippen molar-refractivity contribution in [3.63, 3.8) is 0 Å². The summed E-state index contributed by atoms with van der Waals surface area (Å²) in [5, 5.41) is 0. The molecule has 130 valence electrons. The average Bonchev–Trinajstić information content (AvgIpc) is 2.84. The summed E-state index contributed by atoms with van der Waals surface area (Å²) in [4.78, 5) is 0. The average molecular weight is 336 g/mol. The van der Waals surface area contributed by atoms with Crippen LogP contribution in [0.15, 0.2) is 60.7 Å². The van der Waals surface area contributed by atoms with E-state index in [0.29, 0.717) is 0 Å². The summed E-state index contributed by atoms with van der Waals surface area (Å²) in [6, 6.07) is 20.6. The first-order valence-corrected chi connectivity index (χ1v) is 9.11. The molecule has 0 unspecified atom stereocenters. The first-order valence-electron chi connectivity index (χ1n) is 9.11. The van der Waals surface area contributed by atoms with Crippen LogP contribution in [0.3, 0.4) is 0 Å². The lowest BCUT2D eigenvalue weighted by Gasteiger charge is -2.52. The maximum atomic E-state index is 6.80. The van der Waals surface area contributed by atoms with Gasteiger partial charge in [-0.1, -0.05) is 74.5 Å². The Kier molecular flexibility index (Phi) is 2.82. The van der Waals surface area contributed by atoms with Gasteiger partial charge in [-0.2, -0.15) is 0 Å². The van der Waals surface area contributed by atoms with Crippen LogP contribution in [0.5, 0.6) is 0 Å². The molecule has 4 saturated heterocycles. The van der Waals surface area contributed by atoms with E-state index in [1.807, 2.05) is 36.4 Å². The van der Waals surface area contributed by atoms with E-state index < -0.39 is 22.8 Å². The molecule has 0 N–H and O–H groups in total. The lowest BCUT2D eigenvalue weighted by Crippen LogP contribution is -2.56. The summed E-state index contributed by atoms with van der Waals surface area (Å²) in [6.45, 7) is 8.74. The zero-order chi connectivity index (χ0) is 17.5. The zero-order valence-corrected chi connectivity index (χ0v) is 15.2. The van der Waals surface area contributed by atoms with Crippen molar-refractivity contribution in [3.05, 3.63) is 71.8 Å². The van der Waals surface area contributed by atoms with E-state index in [9.17, 15) is 0 Å². The van der Waals surface area contributed by atoms with E-state index in [-0.39, 0.29) is 11.8 Å². The molecular formula is C22H24O3. The zero-order valence-electron chi connectivity index (χ0n) is 15.2. The fraction of sp³-hybridized carbons (Fsp3) is 0.455. The fourth-order valence-electron chi connectivity index (χ4n) is 5.29. The lowest BCUT2D eigenvalue weighted by molar-refractivity contribution is -0.445. The Hall–Kier alpha value is -1.68. The summed E-state index contributed by atoms with van der Waals surface area (Å²) in [5.74, 6) is -1.42. The summed E-state index contributed by atoms with van der Waals surface area (Å²) >= 11 is 0. The standard InChI is InChI=1S/C22H24O3/c1-15-19(3)20(4)16(2)22(23-19,18-13-9-6-10-14-18)25-21(15,24-20)17-11-7-5-8-12-17/h5-16H,1-4H3/t15-,16-,19+,20+,21+,22+/m0/s1. The molecule has 0 spiro atoms. The van der Waals surface area contributed by atoms with Crippen LogP contribution in [0.4, 0.5) is 0 Å². The monoisotopic (exact) mass is 336 g/mol. The van der Waals surface area contributed by atoms with E-state index in [0.717, 1.165) is 11.1 Å². The first kappa shape index (κ1) is 15.6. The highest BCUT2D eigenvalue weighted by Crippen LogP contribution is 2.74. The molecule has 4 fully saturated rings. The van der Waals surface area contributed by atoms with Crippen LogP contribution in [0.25, 0.3) is 0 Å². The summed E-state index contributed by atoms with van der Waals surface area (Å²) in [6.07, 6.45) is 0. The number of benzene rings is 2. The van der Waals surface area contributed by atoms with E-state index in [2.05, 4.69) is 52.0 Å². The van der Waals surface area contributed by atoms with Crippen LogP contribution >= 0.6 is 0 Å². The fourth-order valence-corrected chi connectivity index (χ4v) is 5.29. The van der Waals surface area contributed by atoms with Crippen molar-refractivity contribution in [1.82, 2.24) is 0 Å². The Morgan fingerprint density at radius 1 is 0.600 bits per heavy atom. The highest BCUT2D eigenvalue weighted by molar-refractivity contribution is 5.36. The van der Waals surface area contributed by atoms with Gasteiger partial charge in [0.15, 0.2) is 0 Å². The molecule has 0 amide bonds. The molecule has 25 heavy (non-hydrogen) atoms. The summed E-state index contributed by atoms with van der Waals surface area (Å²) in [7, 11) is 0. The maximum absolute atomic E-state index is 6.80. The molecule has 0 saturated carbocycles. The van der Waals surface area contributed by atoms with Crippen LogP contribution in [-0.4, -0.2) is 11.2 Å². The Morgan fingerprint density at radius 3 is 1.32 bits per heavy atom. The Balaban J connectivity index is 1.76. The second kappa shape index (κ2) is 4.53. The molecule has 3 nitrogen and oxygen atoms in total. The molecule has 4 aliphatic heterocycles. The second-order valence-corrected chi connectivity index (χ2v) is 8.03. The lowest BCUT2D eigenvalue weighted by atomic mass is 9.72. The smallest absolute Gasteiger partial charge is 0.204 e. The maximum Gasteiger partial charge on any atom is 0.204 e. The highest BCUT2D eigenvalue weighted by atomic mass is 16.9. The van der Waals surface area contributed by atoms with Crippen molar-refractivity contribution in [2.45, 2.75) is 50.5 Å². The van der Waals surface area contributed by atoms with Crippen LogP contribution in [-0.2, 0) is 25.8 Å². The van der Waals surface area contributed by atoms with Gasteiger partial charge in [0.05, 0.1) is 0 Å². The third-order valence-corrected chi connectivity index (χ3v) is 7.16. The van der Waals surface area contributed by atoms with E-state index in [4.69, 9.17) is 14.2 Å². The minimum atomic E-state index is -0.786. The predicted molar refractivity (Wildman–Crippen MR) is 94.6 cm³/mol. The largest absolute Gasteiger partial charge is 0.336 e. The van der Waals surface area contributed by atoms with Gasteiger partial charge in [-0.05, 0) is 13.8 Å². The van der Waals surface area contributed by atoms with Gasteiger partial charge in [0, 0.05) is 23.0 Å². The van der Waals surface area contributed by atoms with Gasteiger partial charge < -0.3 is 14.2 Å². The molecule has 0 aromatic heterocycles. The van der Waals surface area contributed by atoms with Crippen molar-refractivity contribution in [3.8, 4) is 0 Å². The van der Waals surface area contributed by atoms with Crippen LogP contribution < -0.4 is 0 Å². The number of ether oxygens (including phenoxy) is 3. The molecule has 4 bridgehead atoms. The molecule has 0 radical (unpaired) electrons. The third-order valence-electron chi connectivity index (χ3n) is 7.16. The number of hydrogen-bond donors (Lipinski definition) is 0. The summed E-state index contributed by atoms with van der Waals surface area (Å²) < 4.78 is 20.3. The van der Waals surface area contributed by atoms with Crippen LogP contribution in [0.1, 0.15) is 38.8 Å². The molecule has 2 aromatic carbocycles. The van der Waals surface area contributed by atoms with Gasteiger partial charge in [0.2, 0.25) is 11.6 Å². The summed E-state index contributed by atoms with van der Waals surface area (Å²) in [5.41, 5.74) is 1.29. The number of hydrogen-bond acceptors (Lipinski definition) is 3. The quantitative estimate of drug-likeness (QED) is 0.804. The van der Waals surface area contributed by atoms with Crippen LogP contribution in [0.2, 0.25) is 0 Å². The topological polar surface area (TPSA) is 27.7 Å². The minimum Gasteiger partial charge on any atom is -0.336 e. The minimum absolute atomic E-state index is 0.0780. The molecule has 6 rings (SSSR count). The van der Waals surface area contributed by atoms with Gasteiger partial charge in [-0.25, -0.2) is 0 Å². The Morgan fingerprint density at radius 2 is 0.960 bits per heavy atom. The predicted octanol–water partition coefficient (Wildman–Crippen LogP) is 4.57. The molecule has 4 aliphatic rings. The third kappa shape index (κ3) is 1.54. The van der Waals surface area contributed by atoms with Crippen LogP contribution in [0, 0.1) is 11.8 Å². The number of rotatable bonds is 2. The van der Waals surface area contributed by atoms with E-state index in [1.54, 1.807) is 0 Å². The van der Waals surface area contributed by atoms with Crippen molar-refractivity contribution in [2.24, 2.45) is 11.8 Å². The molecule has 2 aromatic rings. The Bertz CT molecular complexity index is 752. The van der Waals surface area contributed by atoms with E-state index in [1.165, 1.54) is 0 Å². The first-order chi connectivity index (χ1) is 11.9. The van der Waals surface area contributed by atoms with Gasteiger partial charge in [-0.15, -0.1) is 0 Å². The van der Waals surface area contributed by atoms with Crippen molar-refractivity contribution in [1.29, 1.82) is 0 Å². The Labute approximate surface area is 148 Å². The second-order valence-electron chi connectivity index (χ2n) is 8.03. The van der Waals surface area contributed by atoms with Crippen molar-refractivity contribution >= 4 is 0 Å². The molecule has 4 heterocycles. The molecular weight excluding hydrogens is 312 g/mol. The van der Waals surface area contributed by atoms with E-state index >= 15 is 0 Å². The van der Waals surface area contributed by atoms with Crippen molar-refractivity contribution < 1.29 is 14.2 Å².